The molecule has 0 aliphatic carbocycles. The largest absolute Gasteiger partial charge is 0.369 e. The van der Waals surface area contributed by atoms with Crippen LogP contribution in [0, 0.1) is 5.92 Å². The second kappa shape index (κ2) is 3.59. The van der Waals surface area contributed by atoms with Gasteiger partial charge in [-0.1, -0.05) is 23.7 Å². The van der Waals surface area contributed by atoms with Gasteiger partial charge in [0.1, 0.15) is 0 Å². The lowest BCUT2D eigenvalue weighted by atomic mass is 10.0. The molecule has 0 heterocycles. The molecule has 1 rings (SSSR count). The number of halogens is 1. The molecule has 3 heteroatoms. The van der Waals surface area contributed by atoms with Crippen molar-refractivity contribution in [3.63, 3.8) is 0 Å². The van der Waals surface area contributed by atoms with E-state index >= 15 is 0 Å². The molecule has 1 aromatic rings. The van der Waals surface area contributed by atoms with E-state index in [1.165, 1.54) is 0 Å². The summed E-state index contributed by atoms with van der Waals surface area (Å²) < 4.78 is 0. The highest BCUT2D eigenvalue weighted by molar-refractivity contribution is 6.30. The summed E-state index contributed by atoms with van der Waals surface area (Å²) in [5.41, 5.74) is 5.87. The van der Waals surface area contributed by atoms with Crippen LogP contribution in [0.4, 0.5) is 0 Å². The molecule has 0 aromatic heterocycles. The Morgan fingerprint density at radius 1 is 1.50 bits per heavy atom. The number of amides is 1. The van der Waals surface area contributed by atoms with Crippen LogP contribution in [0.2, 0.25) is 5.02 Å². The second-order valence-electron chi connectivity index (χ2n) is 2.50. The number of benzene rings is 1. The first kappa shape index (κ1) is 9.07. The summed E-state index contributed by atoms with van der Waals surface area (Å²) in [5.74, 6) is 0.106. The lowest BCUT2D eigenvalue weighted by Gasteiger charge is -2.05. The molecule has 0 fully saturated rings. The van der Waals surface area contributed by atoms with Crippen molar-refractivity contribution in [3.8, 4) is 0 Å². The van der Waals surface area contributed by atoms with Gasteiger partial charge in [-0.05, 0) is 24.6 Å². The molecule has 1 aromatic carbocycles. The van der Waals surface area contributed by atoms with E-state index in [9.17, 15) is 4.79 Å². The fourth-order valence-electron chi connectivity index (χ4n) is 0.864. The number of nitrogens with two attached hydrogens (primary N) is 1. The van der Waals surface area contributed by atoms with Gasteiger partial charge in [0, 0.05) is 5.02 Å². The SMILES string of the molecule is C[C](C(N)=O)c1cccc(Cl)c1. The van der Waals surface area contributed by atoms with Gasteiger partial charge in [0.2, 0.25) is 5.91 Å². The van der Waals surface area contributed by atoms with Crippen LogP contribution in [0.1, 0.15) is 12.5 Å². The first-order valence-corrected chi connectivity index (χ1v) is 3.88. The summed E-state index contributed by atoms with van der Waals surface area (Å²) in [7, 11) is 0. The lowest BCUT2D eigenvalue weighted by molar-refractivity contribution is -0.115. The minimum Gasteiger partial charge on any atom is -0.369 e. The van der Waals surface area contributed by atoms with Crippen molar-refractivity contribution in [2.75, 3.05) is 0 Å². The van der Waals surface area contributed by atoms with E-state index in [4.69, 9.17) is 17.3 Å². The van der Waals surface area contributed by atoms with Gasteiger partial charge in [0.25, 0.3) is 0 Å². The summed E-state index contributed by atoms with van der Waals surface area (Å²) in [6.07, 6.45) is 0. The smallest absolute Gasteiger partial charge is 0.229 e. The standard InChI is InChI=1S/C9H9ClNO/c1-6(9(11)12)7-3-2-4-8(10)5-7/h2-5H,1H3,(H2,11,12). The minimum absolute atomic E-state index is 0.419. The van der Waals surface area contributed by atoms with E-state index in [1.54, 1.807) is 31.2 Å². The zero-order valence-electron chi connectivity index (χ0n) is 6.67. The van der Waals surface area contributed by atoms with E-state index < -0.39 is 5.91 Å². The summed E-state index contributed by atoms with van der Waals surface area (Å²) >= 11 is 5.73. The number of hydrogen-bond acceptors (Lipinski definition) is 1. The van der Waals surface area contributed by atoms with Crippen molar-refractivity contribution in [2.24, 2.45) is 5.73 Å². The molecule has 0 saturated carbocycles. The van der Waals surface area contributed by atoms with Gasteiger partial charge in [0.15, 0.2) is 0 Å². The van der Waals surface area contributed by atoms with E-state index in [2.05, 4.69) is 0 Å². The molecule has 12 heavy (non-hydrogen) atoms. The highest BCUT2D eigenvalue weighted by Crippen LogP contribution is 2.17. The maximum Gasteiger partial charge on any atom is 0.229 e. The summed E-state index contributed by atoms with van der Waals surface area (Å²) in [6.45, 7) is 1.67. The third-order valence-corrected chi connectivity index (χ3v) is 1.86. The van der Waals surface area contributed by atoms with Crippen LogP contribution in [-0.4, -0.2) is 5.91 Å². The van der Waals surface area contributed by atoms with Crippen LogP contribution >= 0.6 is 11.6 Å². The first-order chi connectivity index (χ1) is 5.61. The topological polar surface area (TPSA) is 43.1 Å². The zero-order chi connectivity index (χ0) is 9.14. The van der Waals surface area contributed by atoms with E-state index in [0.717, 1.165) is 5.56 Å². The zero-order valence-corrected chi connectivity index (χ0v) is 7.43. The normalized spacial score (nSPS) is 10.2. The van der Waals surface area contributed by atoms with Gasteiger partial charge < -0.3 is 5.73 Å². The maximum absolute atomic E-state index is 10.8. The molecular weight excluding hydrogens is 174 g/mol. The van der Waals surface area contributed by atoms with Crippen molar-refractivity contribution in [2.45, 2.75) is 6.92 Å². The molecule has 2 nitrogen and oxygen atoms in total. The second-order valence-corrected chi connectivity index (χ2v) is 2.94. The Labute approximate surface area is 76.3 Å². The summed E-state index contributed by atoms with van der Waals surface area (Å²) in [5, 5.41) is 0.605. The molecule has 0 bridgehead atoms. The Bertz CT molecular complexity index is 298. The van der Waals surface area contributed by atoms with Gasteiger partial charge >= 0.3 is 0 Å². The average Bonchev–Trinajstić information content (AvgIpc) is 2.03. The summed E-state index contributed by atoms with van der Waals surface area (Å²) in [4.78, 5) is 10.8. The lowest BCUT2D eigenvalue weighted by Crippen LogP contribution is -2.19. The van der Waals surface area contributed by atoms with Crippen LogP contribution < -0.4 is 5.73 Å². The van der Waals surface area contributed by atoms with Crippen LogP contribution in [0.5, 0.6) is 0 Å². The molecule has 2 N–H and O–H groups in total. The van der Waals surface area contributed by atoms with Gasteiger partial charge in [0.05, 0.1) is 5.92 Å². The number of primary amides is 1. The Morgan fingerprint density at radius 3 is 2.67 bits per heavy atom. The van der Waals surface area contributed by atoms with Crippen molar-refractivity contribution in [1.82, 2.24) is 0 Å². The van der Waals surface area contributed by atoms with Crippen LogP contribution in [-0.2, 0) is 4.79 Å². The fourth-order valence-corrected chi connectivity index (χ4v) is 1.05. The molecule has 0 unspecified atom stereocenters. The van der Waals surface area contributed by atoms with Crippen LogP contribution in [0.25, 0.3) is 0 Å². The van der Waals surface area contributed by atoms with Crippen molar-refractivity contribution in [1.29, 1.82) is 0 Å². The predicted molar refractivity (Wildman–Crippen MR) is 48.7 cm³/mol. The van der Waals surface area contributed by atoms with Gasteiger partial charge in [-0.3, -0.25) is 4.79 Å². The highest BCUT2D eigenvalue weighted by Gasteiger charge is 2.11. The van der Waals surface area contributed by atoms with E-state index in [1.807, 2.05) is 0 Å². The van der Waals surface area contributed by atoms with E-state index in [-0.39, 0.29) is 0 Å². The molecule has 1 radical (unpaired) electrons. The number of carbonyl (C=O) groups excluding carboxylic acids is 1. The first-order valence-electron chi connectivity index (χ1n) is 3.50. The summed E-state index contributed by atoms with van der Waals surface area (Å²) in [6, 6.07) is 7.04. The Hall–Kier alpha value is -1.02. The highest BCUT2D eigenvalue weighted by atomic mass is 35.5. The molecule has 0 aliphatic rings. The Morgan fingerprint density at radius 2 is 2.17 bits per heavy atom. The fraction of sp³-hybridized carbons (Fsp3) is 0.111. The number of hydrogen-bond donors (Lipinski definition) is 1. The molecule has 1 amide bonds. The quantitative estimate of drug-likeness (QED) is 0.744. The van der Waals surface area contributed by atoms with Crippen molar-refractivity contribution < 1.29 is 4.79 Å². The third-order valence-electron chi connectivity index (χ3n) is 1.63. The molecular formula is C9H9ClNO. The third kappa shape index (κ3) is 1.98. The van der Waals surface area contributed by atoms with Crippen molar-refractivity contribution in [3.05, 3.63) is 40.8 Å². The molecule has 0 aliphatic heterocycles. The molecule has 0 atom stereocenters. The Kier molecular flexibility index (Phi) is 2.71. The maximum atomic E-state index is 10.8. The van der Waals surface area contributed by atoms with E-state index in [0.29, 0.717) is 10.9 Å². The minimum atomic E-state index is -0.419. The van der Waals surface area contributed by atoms with Crippen LogP contribution in [0.3, 0.4) is 0 Å². The predicted octanol–water partition coefficient (Wildman–Crippen LogP) is 1.77. The number of carbonyl (C=O) groups is 1. The monoisotopic (exact) mass is 182 g/mol. The van der Waals surface area contributed by atoms with Gasteiger partial charge in [-0.25, -0.2) is 0 Å². The van der Waals surface area contributed by atoms with Crippen molar-refractivity contribution >= 4 is 17.5 Å². The molecule has 63 valence electrons. The molecule has 0 spiro atoms. The van der Waals surface area contributed by atoms with Gasteiger partial charge in [-0.2, -0.15) is 0 Å². The molecule has 0 saturated heterocycles. The number of rotatable bonds is 2. The van der Waals surface area contributed by atoms with Crippen LogP contribution in [0.15, 0.2) is 24.3 Å². The Balaban J connectivity index is 2.95. The van der Waals surface area contributed by atoms with Gasteiger partial charge in [-0.15, -0.1) is 0 Å². The average molecular weight is 183 g/mol.